The van der Waals surface area contributed by atoms with Crippen molar-refractivity contribution in [2.45, 2.75) is 39.3 Å². The molecule has 1 atom stereocenters. The Morgan fingerprint density at radius 3 is 2.36 bits per heavy atom. The number of hydrogen-bond donors (Lipinski definition) is 2. The first-order valence-corrected chi connectivity index (χ1v) is 4.55. The number of carboxylic acid groups (broad SMARTS) is 1. The standard InChI is InChI=1S/C9H17NO4/c1-6(2)14-5-4-8(9(12)13)10-7(3)11/h6,8H,4-5H2,1-3H3,(H,10,11)(H,12,13). The van der Waals surface area contributed by atoms with E-state index in [0.29, 0.717) is 6.61 Å². The van der Waals surface area contributed by atoms with Crippen LogP contribution in [-0.4, -0.2) is 35.7 Å². The van der Waals surface area contributed by atoms with E-state index < -0.39 is 12.0 Å². The van der Waals surface area contributed by atoms with E-state index in [4.69, 9.17) is 9.84 Å². The third kappa shape index (κ3) is 6.42. The van der Waals surface area contributed by atoms with Crippen molar-refractivity contribution in [2.75, 3.05) is 6.61 Å². The number of aliphatic carboxylic acids is 1. The Bertz CT molecular complexity index is 203. The number of hydrogen-bond acceptors (Lipinski definition) is 3. The fourth-order valence-electron chi connectivity index (χ4n) is 0.924. The van der Waals surface area contributed by atoms with Crippen LogP contribution in [0.5, 0.6) is 0 Å². The largest absolute Gasteiger partial charge is 0.480 e. The monoisotopic (exact) mass is 203 g/mol. The Morgan fingerprint density at radius 2 is 2.00 bits per heavy atom. The molecule has 0 aromatic carbocycles. The van der Waals surface area contributed by atoms with Gasteiger partial charge in [0.05, 0.1) is 6.10 Å². The molecule has 0 aromatic heterocycles. The van der Waals surface area contributed by atoms with Gasteiger partial charge in [-0.1, -0.05) is 0 Å². The zero-order valence-electron chi connectivity index (χ0n) is 8.74. The summed E-state index contributed by atoms with van der Waals surface area (Å²) in [6.07, 6.45) is 0.356. The third-order valence-electron chi connectivity index (χ3n) is 1.53. The molecule has 0 aliphatic rings. The molecule has 0 aliphatic heterocycles. The molecular weight excluding hydrogens is 186 g/mol. The quantitative estimate of drug-likeness (QED) is 0.654. The molecule has 0 aromatic rings. The Balaban J connectivity index is 3.86. The molecule has 0 rings (SSSR count). The highest BCUT2D eigenvalue weighted by Gasteiger charge is 2.17. The fourth-order valence-corrected chi connectivity index (χ4v) is 0.924. The van der Waals surface area contributed by atoms with Gasteiger partial charge in [0, 0.05) is 20.0 Å². The lowest BCUT2D eigenvalue weighted by Crippen LogP contribution is -2.40. The number of amides is 1. The number of carbonyl (C=O) groups excluding carboxylic acids is 1. The number of carboxylic acids is 1. The molecule has 82 valence electrons. The maximum Gasteiger partial charge on any atom is 0.326 e. The minimum Gasteiger partial charge on any atom is -0.480 e. The van der Waals surface area contributed by atoms with Crippen molar-refractivity contribution in [1.29, 1.82) is 0 Å². The van der Waals surface area contributed by atoms with Crippen molar-refractivity contribution in [2.24, 2.45) is 0 Å². The summed E-state index contributed by atoms with van der Waals surface area (Å²) >= 11 is 0. The maximum atomic E-state index is 10.6. The zero-order chi connectivity index (χ0) is 11.1. The molecule has 0 radical (unpaired) electrons. The molecule has 0 bridgehead atoms. The van der Waals surface area contributed by atoms with Crippen molar-refractivity contribution in [3.05, 3.63) is 0 Å². The van der Waals surface area contributed by atoms with E-state index >= 15 is 0 Å². The molecule has 0 heterocycles. The predicted octanol–water partition coefficient (Wildman–Crippen LogP) is 0.391. The Labute approximate surface area is 83.4 Å². The Kier molecular flexibility index (Phi) is 5.87. The average Bonchev–Trinajstić information content (AvgIpc) is 2.00. The molecule has 0 saturated carbocycles. The topological polar surface area (TPSA) is 75.6 Å². The molecule has 0 saturated heterocycles. The molecule has 2 N–H and O–H groups in total. The van der Waals surface area contributed by atoms with Gasteiger partial charge in [-0.3, -0.25) is 4.79 Å². The number of ether oxygens (including phenoxy) is 1. The van der Waals surface area contributed by atoms with E-state index in [1.165, 1.54) is 6.92 Å². The summed E-state index contributed by atoms with van der Waals surface area (Å²) in [5.74, 6) is -1.38. The van der Waals surface area contributed by atoms with Crippen molar-refractivity contribution in [1.82, 2.24) is 5.32 Å². The van der Waals surface area contributed by atoms with Crippen LogP contribution in [0.3, 0.4) is 0 Å². The van der Waals surface area contributed by atoms with Gasteiger partial charge in [-0.25, -0.2) is 4.79 Å². The van der Waals surface area contributed by atoms with Crippen LogP contribution in [-0.2, 0) is 14.3 Å². The van der Waals surface area contributed by atoms with E-state index in [-0.39, 0.29) is 18.4 Å². The lowest BCUT2D eigenvalue weighted by molar-refractivity contribution is -0.142. The highest BCUT2D eigenvalue weighted by molar-refractivity contribution is 5.81. The normalized spacial score (nSPS) is 12.6. The van der Waals surface area contributed by atoms with Gasteiger partial charge in [0.25, 0.3) is 0 Å². The summed E-state index contributed by atoms with van der Waals surface area (Å²) in [6.45, 7) is 5.36. The van der Waals surface area contributed by atoms with Gasteiger partial charge in [-0.15, -0.1) is 0 Å². The highest BCUT2D eigenvalue weighted by atomic mass is 16.5. The smallest absolute Gasteiger partial charge is 0.326 e. The van der Waals surface area contributed by atoms with Crippen LogP contribution in [0.2, 0.25) is 0 Å². The van der Waals surface area contributed by atoms with E-state index in [9.17, 15) is 9.59 Å². The van der Waals surface area contributed by atoms with Crippen LogP contribution >= 0.6 is 0 Å². The van der Waals surface area contributed by atoms with Gasteiger partial charge in [0.15, 0.2) is 0 Å². The molecule has 5 heteroatoms. The Hall–Kier alpha value is -1.10. The van der Waals surface area contributed by atoms with Crippen molar-refractivity contribution in [3.63, 3.8) is 0 Å². The number of nitrogens with one attached hydrogen (secondary N) is 1. The lowest BCUT2D eigenvalue weighted by Gasteiger charge is -2.14. The SMILES string of the molecule is CC(=O)NC(CCOC(C)C)C(=O)O. The average molecular weight is 203 g/mol. The van der Waals surface area contributed by atoms with E-state index in [1.807, 2.05) is 13.8 Å². The highest BCUT2D eigenvalue weighted by Crippen LogP contribution is 1.96. The van der Waals surface area contributed by atoms with Gasteiger partial charge in [0.1, 0.15) is 6.04 Å². The lowest BCUT2D eigenvalue weighted by atomic mass is 10.2. The third-order valence-corrected chi connectivity index (χ3v) is 1.53. The van der Waals surface area contributed by atoms with Crippen molar-refractivity contribution in [3.8, 4) is 0 Å². The summed E-state index contributed by atoms with van der Waals surface area (Å²) in [6, 6.07) is -0.855. The van der Waals surface area contributed by atoms with Gasteiger partial charge in [0.2, 0.25) is 5.91 Å². The second kappa shape index (κ2) is 6.37. The van der Waals surface area contributed by atoms with E-state index in [1.54, 1.807) is 0 Å². The molecular formula is C9H17NO4. The molecule has 0 fully saturated rings. The fraction of sp³-hybridized carbons (Fsp3) is 0.778. The van der Waals surface area contributed by atoms with Crippen LogP contribution < -0.4 is 5.32 Å². The molecule has 14 heavy (non-hydrogen) atoms. The molecule has 5 nitrogen and oxygen atoms in total. The zero-order valence-corrected chi connectivity index (χ0v) is 8.74. The molecule has 1 amide bonds. The second-order valence-corrected chi connectivity index (χ2v) is 3.30. The summed E-state index contributed by atoms with van der Waals surface area (Å²) in [4.78, 5) is 21.3. The van der Waals surface area contributed by atoms with Crippen molar-refractivity contribution < 1.29 is 19.4 Å². The van der Waals surface area contributed by atoms with Crippen molar-refractivity contribution >= 4 is 11.9 Å². The van der Waals surface area contributed by atoms with E-state index in [2.05, 4.69) is 5.32 Å². The van der Waals surface area contributed by atoms with Gasteiger partial charge >= 0.3 is 5.97 Å². The van der Waals surface area contributed by atoms with E-state index in [0.717, 1.165) is 0 Å². The van der Waals surface area contributed by atoms with Crippen LogP contribution in [0.1, 0.15) is 27.2 Å². The van der Waals surface area contributed by atoms with Gasteiger partial charge < -0.3 is 15.2 Å². The van der Waals surface area contributed by atoms with Crippen LogP contribution in [0.25, 0.3) is 0 Å². The van der Waals surface area contributed by atoms with Crippen LogP contribution in [0, 0.1) is 0 Å². The Morgan fingerprint density at radius 1 is 1.43 bits per heavy atom. The van der Waals surface area contributed by atoms with Crippen LogP contribution in [0.4, 0.5) is 0 Å². The minimum atomic E-state index is -1.03. The van der Waals surface area contributed by atoms with Crippen LogP contribution in [0.15, 0.2) is 0 Å². The first-order chi connectivity index (χ1) is 6.43. The summed E-state index contributed by atoms with van der Waals surface area (Å²) in [5.41, 5.74) is 0. The maximum absolute atomic E-state index is 10.6. The first-order valence-electron chi connectivity index (χ1n) is 4.55. The predicted molar refractivity (Wildman–Crippen MR) is 50.9 cm³/mol. The first kappa shape index (κ1) is 12.9. The van der Waals surface area contributed by atoms with Gasteiger partial charge in [-0.05, 0) is 13.8 Å². The number of rotatable bonds is 6. The number of carbonyl (C=O) groups is 2. The summed E-state index contributed by atoms with van der Waals surface area (Å²) in [5, 5.41) is 11.1. The molecule has 0 aliphatic carbocycles. The summed E-state index contributed by atoms with van der Waals surface area (Å²) in [7, 11) is 0. The molecule has 1 unspecified atom stereocenters. The summed E-state index contributed by atoms with van der Waals surface area (Å²) < 4.78 is 5.19. The van der Waals surface area contributed by atoms with Gasteiger partial charge in [-0.2, -0.15) is 0 Å². The second-order valence-electron chi connectivity index (χ2n) is 3.30. The molecule has 0 spiro atoms. The minimum absolute atomic E-state index is 0.0711.